The second-order valence-corrected chi connectivity index (χ2v) is 6.49. The summed E-state index contributed by atoms with van der Waals surface area (Å²) in [6, 6.07) is 9.03. The summed E-state index contributed by atoms with van der Waals surface area (Å²) in [6.07, 6.45) is 2.64. The van der Waals surface area contributed by atoms with E-state index < -0.39 is 0 Å². The van der Waals surface area contributed by atoms with Gasteiger partial charge in [0.1, 0.15) is 23.5 Å². The Morgan fingerprint density at radius 3 is 2.75 bits per heavy atom. The number of benzene rings is 1. The Hall–Kier alpha value is -2.51. The molecule has 5 nitrogen and oxygen atoms in total. The molecule has 0 aliphatic carbocycles. The second kappa shape index (κ2) is 7.37. The van der Waals surface area contributed by atoms with Gasteiger partial charge >= 0.3 is 0 Å². The highest BCUT2D eigenvalue weighted by atomic mass is 35.5. The van der Waals surface area contributed by atoms with Gasteiger partial charge in [-0.3, -0.25) is 4.79 Å². The standard InChI is InChI=1S/C16H11ClFN3O2S/c17-14-6-5-12(24-14)7-20-15(22)13-8-19-9-21-16(13)23-11-3-1-10(18)2-4-11/h1-6,8-9H,7H2,(H,20,22). The number of hydrogen-bond acceptors (Lipinski definition) is 5. The first-order chi connectivity index (χ1) is 11.6. The number of carbonyl (C=O) groups excluding carboxylic acids is 1. The van der Waals surface area contributed by atoms with Crippen LogP contribution in [0.5, 0.6) is 11.6 Å². The molecular weight excluding hydrogens is 353 g/mol. The quantitative estimate of drug-likeness (QED) is 0.742. The maximum absolute atomic E-state index is 12.9. The van der Waals surface area contributed by atoms with Gasteiger partial charge in [-0.1, -0.05) is 11.6 Å². The van der Waals surface area contributed by atoms with Gasteiger partial charge < -0.3 is 10.1 Å². The highest BCUT2D eigenvalue weighted by molar-refractivity contribution is 7.16. The summed E-state index contributed by atoms with van der Waals surface area (Å²) in [5.41, 5.74) is 0.185. The molecule has 1 amide bonds. The van der Waals surface area contributed by atoms with Gasteiger partial charge in [0.15, 0.2) is 0 Å². The minimum absolute atomic E-state index is 0.0957. The lowest BCUT2D eigenvalue weighted by Crippen LogP contribution is -2.23. The molecule has 2 aromatic heterocycles. The van der Waals surface area contributed by atoms with Gasteiger partial charge in [-0.25, -0.2) is 14.4 Å². The molecule has 3 aromatic rings. The number of nitrogens with zero attached hydrogens (tertiary/aromatic N) is 2. The Morgan fingerprint density at radius 1 is 1.25 bits per heavy atom. The van der Waals surface area contributed by atoms with Gasteiger partial charge in [0.05, 0.1) is 10.9 Å². The molecule has 122 valence electrons. The van der Waals surface area contributed by atoms with E-state index in [0.717, 1.165) is 4.88 Å². The van der Waals surface area contributed by atoms with E-state index in [0.29, 0.717) is 16.6 Å². The third kappa shape index (κ3) is 4.06. The zero-order chi connectivity index (χ0) is 16.9. The van der Waals surface area contributed by atoms with Gasteiger partial charge in [0, 0.05) is 11.1 Å². The lowest BCUT2D eigenvalue weighted by molar-refractivity contribution is 0.0948. The van der Waals surface area contributed by atoms with Gasteiger partial charge in [-0.2, -0.15) is 0 Å². The molecule has 0 aliphatic heterocycles. The van der Waals surface area contributed by atoms with E-state index in [9.17, 15) is 9.18 Å². The Labute approximate surface area is 146 Å². The molecule has 1 aromatic carbocycles. The van der Waals surface area contributed by atoms with Crippen LogP contribution in [0.1, 0.15) is 15.2 Å². The molecule has 3 rings (SSSR count). The van der Waals surface area contributed by atoms with Crippen molar-refractivity contribution >= 4 is 28.8 Å². The van der Waals surface area contributed by atoms with E-state index in [1.165, 1.54) is 48.1 Å². The predicted octanol–water partition coefficient (Wildman–Crippen LogP) is 4.05. The number of halogens is 2. The maximum Gasteiger partial charge on any atom is 0.258 e. The van der Waals surface area contributed by atoms with Crippen molar-refractivity contribution in [1.82, 2.24) is 15.3 Å². The van der Waals surface area contributed by atoms with Crippen LogP contribution in [0.4, 0.5) is 4.39 Å². The summed E-state index contributed by atoms with van der Waals surface area (Å²) >= 11 is 7.24. The normalized spacial score (nSPS) is 10.4. The SMILES string of the molecule is O=C(NCc1ccc(Cl)s1)c1cncnc1Oc1ccc(F)cc1. The van der Waals surface area contributed by atoms with E-state index in [1.54, 1.807) is 6.07 Å². The van der Waals surface area contributed by atoms with Gasteiger partial charge in [-0.15, -0.1) is 11.3 Å². The lowest BCUT2D eigenvalue weighted by atomic mass is 10.3. The van der Waals surface area contributed by atoms with Gasteiger partial charge in [0.25, 0.3) is 5.91 Å². The third-order valence-electron chi connectivity index (χ3n) is 3.00. The molecule has 0 atom stereocenters. The first kappa shape index (κ1) is 16.4. The Bertz CT molecular complexity index is 855. The molecular formula is C16H11ClFN3O2S. The monoisotopic (exact) mass is 363 g/mol. The molecule has 0 aliphatic rings. The smallest absolute Gasteiger partial charge is 0.258 e. The van der Waals surface area contributed by atoms with Crippen molar-refractivity contribution in [2.45, 2.75) is 6.54 Å². The number of hydrogen-bond donors (Lipinski definition) is 1. The molecule has 24 heavy (non-hydrogen) atoms. The van der Waals surface area contributed by atoms with E-state index in [4.69, 9.17) is 16.3 Å². The van der Waals surface area contributed by atoms with Crippen molar-refractivity contribution in [1.29, 1.82) is 0 Å². The van der Waals surface area contributed by atoms with Gasteiger partial charge in [-0.05, 0) is 36.4 Å². The molecule has 0 unspecified atom stereocenters. The number of nitrogens with one attached hydrogen (secondary N) is 1. The van der Waals surface area contributed by atoms with Crippen LogP contribution < -0.4 is 10.1 Å². The maximum atomic E-state index is 12.9. The zero-order valence-electron chi connectivity index (χ0n) is 12.2. The highest BCUT2D eigenvalue weighted by Crippen LogP contribution is 2.23. The van der Waals surface area contributed by atoms with E-state index >= 15 is 0 Å². The lowest BCUT2D eigenvalue weighted by Gasteiger charge is -2.09. The molecule has 0 saturated heterocycles. The van der Waals surface area contributed by atoms with Crippen LogP contribution in [-0.2, 0) is 6.54 Å². The predicted molar refractivity (Wildman–Crippen MR) is 89.0 cm³/mol. The molecule has 1 N–H and O–H groups in total. The Morgan fingerprint density at radius 2 is 2.04 bits per heavy atom. The van der Waals surface area contributed by atoms with Crippen molar-refractivity contribution in [3.63, 3.8) is 0 Å². The van der Waals surface area contributed by atoms with Crippen LogP contribution in [0.15, 0.2) is 48.9 Å². The topological polar surface area (TPSA) is 64.1 Å². The fourth-order valence-corrected chi connectivity index (χ4v) is 2.91. The van der Waals surface area contributed by atoms with Crippen LogP contribution in [-0.4, -0.2) is 15.9 Å². The Kier molecular flexibility index (Phi) is 5.02. The molecule has 0 spiro atoms. The largest absolute Gasteiger partial charge is 0.438 e. The summed E-state index contributed by atoms with van der Waals surface area (Å²) in [4.78, 5) is 21.1. The molecule has 0 bridgehead atoms. The average Bonchev–Trinajstić information content (AvgIpc) is 3.01. The summed E-state index contributed by atoms with van der Waals surface area (Å²) in [5.74, 6) is -0.289. The molecule has 0 radical (unpaired) electrons. The van der Waals surface area contributed by atoms with E-state index in [2.05, 4.69) is 15.3 Å². The molecule has 0 saturated carbocycles. The van der Waals surface area contributed by atoms with Crippen LogP contribution in [0.2, 0.25) is 4.34 Å². The van der Waals surface area contributed by atoms with Crippen molar-refractivity contribution < 1.29 is 13.9 Å². The summed E-state index contributed by atoms with van der Waals surface area (Å²) in [5, 5.41) is 2.76. The van der Waals surface area contributed by atoms with Crippen molar-refractivity contribution in [3.8, 4) is 11.6 Å². The summed E-state index contributed by atoms with van der Waals surface area (Å²) in [6.45, 7) is 0.334. The van der Waals surface area contributed by atoms with E-state index in [-0.39, 0.29) is 23.2 Å². The minimum Gasteiger partial charge on any atom is -0.438 e. The van der Waals surface area contributed by atoms with Crippen molar-refractivity contribution in [3.05, 3.63) is 69.5 Å². The fourth-order valence-electron chi connectivity index (χ4n) is 1.88. The number of aromatic nitrogens is 2. The van der Waals surface area contributed by atoms with Crippen LogP contribution >= 0.6 is 22.9 Å². The van der Waals surface area contributed by atoms with Crippen LogP contribution in [0, 0.1) is 5.82 Å². The minimum atomic E-state index is -0.378. The first-order valence-electron chi connectivity index (χ1n) is 6.87. The van der Waals surface area contributed by atoms with Crippen LogP contribution in [0.25, 0.3) is 0 Å². The van der Waals surface area contributed by atoms with Crippen molar-refractivity contribution in [2.24, 2.45) is 0 Å². The summed E-state index contributed by atoms with van der Waals surface area (Å²) < 4.78 is 19.1. The highest BCUT2D eigenvalue weighted by Gasteiger charge is 2.15. The number of rotatable bonds is 5. The number of thiophene rings is 1. The molecule has 8 heteroatoms. The Balaban J connectivity index is 1.73. The molecule has 0 fully saturated rings. The van der Waals surface area contributed by atoms with Crippen LogP contribution in [0.3, 0.4) is 0 Å². The first-order valence-corrected chi connectivity index (χ1v) is 8.07. The summed E-state index contributed by atoms with van der Waals surface area (Å²) in [7, 11) is 0. The number of ether oxygens (including phenoxy) is 1. The zero-order valence-corrected chi connectivity index (χ0v) is 13.8. The molecule has 2 heterocycles. The second-order valence-electron chi connectivity index (χ2n) is 4.69. The fraction of sp³-hybridized carbons (Fsp3) is 0.0625. The third-order valence-corrected chi connectivity index (χ3v) is 4.23. The van der Waals surface area contributed by atoms with E-state index in [1.807, 2.05) is 6.07 Å². The number of amides is 1. The number of carbonyl (C=O) groups is 1. The van der Waals surface area contributed by atoms with Gasteiger partial charge in [0.2, 0.25) is 5.88 Å². The average molecular weight is 364 g/mol. The van der Waals surface area contributed by atoms with Crippen molar-refractivity contribution in [2.75, 3.05) is 0 Å².